The van der Waals surface area contributed by atoms with E-state index in [9.17, 15) is 19.7 Å². The Morgan fingerprint density at radius 2 is 2.00 bits per heavy atom. The summed E-state index contributed by atoms with van der Waals surface area (Å²) >= 11 is 0. The van der Waals surface area contributed by atoms with Gasteiger partial charge in [-0.15, -0.1) is 0 Å². The number of carbonyl (C=O) groups excluding carboxylic acids is 2. The van der Waals surface area contributed by atoms with Crippen molar-refractivity contribution in [2.24, 2.45) is 0 Å². The van der Waals surface area contributed by atoms with Crippen LogP contribution in [0.3, 0.4) is 0 Å². The molecule has 0 saturated heterocycles. The van der Waals surface area contributed by atoms with E-state index in [2.05, 4.69) is 5.32 Å². The first-order valence-corrected chi connectivity index (χ1v) is 7.84. The summed E-state index contributed by atoms with van der Waals surface area (Å²) in [4.78, 5) is 34.3. The van der Waals surface area contributed by atoms with E-state index in [1.54, 1.807) is 24.3 Å². The average molecular weight is 365 g/mol. The molecular weight excluding hydrogens is 350 g/mol. The van der Waals surface area contributed by atoms with Gasteiger partial charge in [0.05, 0.1) is 22.1 Å². The molecule has 2 rings (SSSR count). The molecule has 0 fully saturated rings. The molecule has 1 atom stereocenters. The third-order valence-corrected chi connectivity index (χ3v) is 3.45. The second kappa shape index (κ2) is 8.92. The van der Waals surface area contributed by atoms with Crippen molar-refractivity contribution in [1.82, 2.24) is 0 Å². The van der Waals surface area contributed by atoms with Gasteiger partial charge in [-0.3, -0.25) is 14.9 Å². The maximum absolute atomic E-state index is 12.1. The van der Waals surface area contributed by atoms with E-state index in [-0.39, 0.29) is 11.3 Å². The zero-order valence-electron chi connectivity index (χ0n) is 14.3. The molecule has 8 heteroatoms. The number of para-hydroxylation sites is 1. The highest BCUT2D eigenvalue weighted by molar-refractivity contribution is 5.96. The molecule has 0 aliphatic rings. The molecule has 0 unspecified atom stereocenters. The number of benzene rings is 2. The highest BCUT2D eigenvalue weighted by Gasteiger charge is 2.17. The number of rotatable bonds is 6. The minimum atomic E-state index is -1.10. The summed E-state index contributed by atoms with van der Waals surface area (Å²) in [6.45, 7) is 1.39. The predicted octanol–water partition coefficient (Wildman–Crippen LogP) is 3.05. The number of nitro groups is 1. The van der Waals surface area contributed by atoms with Gasteiger partial charge in [0.25, 0.3) is 11.6 Å². The number of nitriles is 1. The van der Waals surface area contributed by atoms with Crippen LogP contribution in [0.2, 0.25) is 0 Å². The molecule has 2 aromatic rings. The summed E-state index contributed by atoms with van der Waals surface area (Å²) in [7, 11) is 0. The summed E-state index contributed by atoms with van der Waals surface area (Å²) < 4.78 is 4.99. The molecule has 0 heterocycles. The first kappa shape index (κ1) is 19.3. The van der Waals surface area contributed by atoms with Crippen molar-refractivity contribution in [2.45, 2.75) is 13.0 Å². The number of anilines is 1. The van der Waals surface area contributed by atoms with Crippen LogP contribution in [-0.2, 0) is 14.3 Å². The smallest absolute Gasteiger partial charge is 0.331 e. The average Bonchev–Trinajstić information content (AvgIpc) is 2.66. The first-order chi connectivity index (χ1) is 12.9. The molecule has 8 nitrogen and oxygen atoms in total. The fourth-order valence-electron chi connectivity index (χ4n) is 2.13. The van der Waals surface area contributed by atoms with Crippen LogP contribution >= 0.6 is 0 Å². The van der Waals surface area contributed by atoms with Crippen molar-refractivity contribution < 1.29 is 19.2 Å². The van der Waals surface area contributed by atoms with Gasteiger partial charge >= 0.3 is 5.97 Å². The number of esters is 1. The van der Waals surface area contributed by atoms with Crippen LogP contribution in [0.25, 0.3) is 6.08 Å². The van der Waals surface area contributed by atoms with Crippen molar-refractivity contribution in [1.29, 1.82) is 5.26 Å². The number of hydrogen-bond acceptors (Lipinski definition) is 6. The topological polar surface area (TPSA) is 122 Å². The highest BCUT2D eigenvalue weighted by atomic mass is 16.6. The molecule has 0 bridgehead atoms. The monoisotopic (exact) mass is 365 g/mol. The Kier molecular flexibility index (Phi) is 6.39. The SMILES string of the molecule is C[C@@H](OC(=O)/C=C/c1ccccc1[N+](=O)[O-])C(=O)Nc1cccc(C#N)c1. The molecule has 2 aromatic carbocycles. The van der Waals surface area contributed by atoms with Gasteiger partial charge < -0.3 is 10.1 Å². The molecule has 0 spiro atoms. The van der Waals surface area contributed by atoms with Gasteiger partial charge in [-0.2, -0.15) is 5.26 Å². The van der Waals surface area contributed by atoms with Crippen LogP contribution in [0.15, 0.2) is 54.6 Å². The normalized spacial score (nSPS) is 11.4. The number of amides is 1. The zero-order valence-corrected chi connectivity index (χ0v) is 14.3. The number of nitro benzene ring substituents is 1. The van der Waals surface area contributed by atoms with Crippen LogP contribution in [0.4, 0.5) is 11.4 Å². The second-order valence-electron chi connectivity index (χ2n) is 5.41. The Morgan fingerprint density at radius 1 is 1.26 bits per heavy atom. The summed E-state index contributed by atoms with van der Waals surface area (Å²) in [6.07, 6.45) is 1.17. The van der Waals surface area contributed by atoms with E-state index < -0.39 is 22.9 Å². The van der Waals surface area contributed by atoms with Crippen LogP contribution in [0.1, 0.15) is 18.1 Å². The lowest BCUT2D eigenvalue weighted by atomic mass is 10.1. The minimum absolute atomic E-state index is 0.148. The van der Waals surface area contributed by atoms with Crippen LogP contribution in [-0.4, -0.2) is 22.9 Å². The van der Waals surface area contributed by atoms with E-state index in [1.807, 2.05) is 6.07 Å². The highest BCUT2D eigenvalue weighted by Crippen LogP contribution is 2.19. The molecule has 136 valence electrons. The zero-order chi connectivity index (χ0) is 19.8. The number of nitrogens with zero attached hydrogens (tertiary/aromatic N) is 2. The van der Waals surface area contributed by atoms with E-state index in [0.29, 0.717) is 11.3 Å². The van der Waals surface area contributed by atoms with E-state index in [1.165, 1.54) is 37.3 Å². The fourth-order valence-corrected chi connectivity index (χ4v) is 2.13. The van der Waals surface area contributed by atoms with Crippen molar-refractivity contribution >= 4 is 29.3 Å². The van der Waals surface area contributed by atoms with Gasteiger partial charge in [0.1, 0.15) is 0 Å². The number of hydrogen-bond donors (Lipinski definition) is 1. The van der Waals surface area contributed by atoms with Crippen molar-refractivity contribution in [3.63, 3.8) is 0 Å². The number of nitrogens with one attached hydrogen (secondary N) is 1. The molecule has 1 N–H and O–H groups in total. The maximum Gasteiger partial charge on any atom is 0.331 e. The van der Waals surface area contributed by atoms with Gasteiger partial charge in [0.2, 0.25) is 0 Å². The van der Waals surface area contributed by atoms with Crippen molar-refractivity contribution in [3.8, 4) is 6.07 Å². The van der Waals surface area contributed by atoms with Gasteiger partial charge in [-0.25, -0.2) is 4.79 Å². The maximum atomic E-state index is 12.1. The Labute approximate surface area is 154 Å². The molecule has 0 aliphatic carbocycles. The Balaban J connectivity index is 1.98. The van der Waals surface area contributed by atoms with E-state index >= 15 is 0 Å². The van der Waals surface area contributed by atoms with E-state index in [0.717, 1.165) is 6.08 Å². The molecule has 0 radical (unpaired) electrons. The van der Waals surface area contributed by atoms with Crippen molar-refractivity contribution in [3.05, 3.63) is 75.8 Å². The third kappa shape index (κ3) is 5.51. The lowest BCUT2D eigenvalue weighted by molar-refractivity contribution is -0.385. The first-order valence-electron chi connectivity index (χ1n) is 7.84. The second-order valence-corrected chi connectivity index (χ2v) is 5.41. The summed E-state index contributed by atoms with van der Waals surface area (Å²) in [5, 5.41) is 22.3. The van der Waals surface area contributed by atoms with Crippen LogP contribution in [0.5, 0.6) is 0 Å². The van der Waals surface area contributed by atoms with Gasteiger partial charge in [0.15, 0.2) is 6.10 Å². The summed E-state index contributed by atoms with van der Waals surface area (Å²) in [5.41, 5.74) is 0.872. The largest absolute Gasteiger partial charge is 0.449 e. The van der Waals surface area contributed by atoms with E-state index in [4.69, 9.17) is 10.00 Å². The van der Waals surface area contributed by atoms with Crippen molar-refractivity contribution in [2.75, 3.05) is 5.32 Å². The van der Waals surface area contributed by atoms with Gasteiger partial charge in [0, 0.05) is 17.8 Å². The quantitative estimate of drug-likeness (QED) is 0.363. The molecule has 0 saturated carbocycles. The Bertz CT molecular complexity index is 946. The molecule has 0 aromatic heterocycles. The molecule has 0 aliphatic heterocycles. The lowest BCUT2D eigenvalue weighted by Crippen LogP contribution is -2.29. The summed E-state index contributed by atoms with van der Waals surface area (Å²) in [6, 6.07) is 14.2. The third-order valence-electron chi connectivity index (χ3n) is 3.45. The van der Waals surface area contributed by atoms with Gasteiger partial charge in [-0.05, 0) is 37.3 Å². The Morgan fingerprint density at radius 3 is 2.70 bits per heavy atom. The molecule has 27 heavy (non-hydrogen) atoms. The van der Waals surface area contributed by atoms with Crippen LogP contribution in [0, 0.1) is 21.4 Å². The lowest BCUT2D eigenvalue weighted by Gasteiger charge is -2.12. The van der Waals surface area contributed by atoms with Gasteiger partial charge in [-0.1, -0.05) is 18.2 Å². The predicted molar refractivity (Wildman–Crippen MR) is 97.5 cm³/mol. The van der Waals surface area contributed by atoms with Crippen LogP contribution < -0.4 is 5.32 Å². The number of ether oxygens (including phenoxy) is 1. The standard InChI is InChI=1S/C19H15N3O5/c1-13(19(24)21-16-7-4-5-14(11-16)12-20)27-18(23)10-9-15-6-2-3-8-17(15)22(25)26/h2-11,13H,1H3,(H,21,24)/b10-9+/t13-/m1/s1. The fraction of sp³-hybridized carbons (Fsp3) is 0.105. The molecular formula is C19H15N3O5. The number of carbonyl (C=O) groups is 2. The minimum Gasteiger partial charge on any atom is -0.449 e. The summed E-state index contributed by atoms with van der Waals surface area (Å²) in [5.74, 6) is -1.39. The molecule has 1 amide bonds. The Hall–Kier alpha value is -3.99.